The Hall–Kier alpha value is -1.44. The molecule has 0 fully saturated rings. The Balaban J connectivity index is 2.89. The quantitative estimate of drug-likeness (QED) is 0.854. The van der Waals surface area contributed by atoms with E-state index in [1.807, 2.05) is 0 Å². The molecule has 1 heterocycles. The molecule has 0 radical (unpaired) electrons. The molecule has 5 nitrogen and oxygen atoms in total. The molecule has 2 N–H and O–H groups in total. The molecule has 0 spiro atoms. The normalized spacial score (nSPS) is 11.5. The third kappa shape index (κ3) is 3.81. The van der Waals surface area contributed by atoms with E-state index in [2.05, 4.69) is 4.98 Å². The Bertz CT molecular complexity index is 519. The van der Waals surface area contributed by atoms with Crippen molar-refractivity contribution in [2.75, 3.05) is 36.2 Å². The van der Waals surface area contributed by atoms with Crippen LogP contribution in [0.1, 0.15) is 0 Å². The van der Waals surface area contributed by atoms with Crippen molar-refractivity contribution in [2.45, 2.75) is 0 Å². The lowest BCUT2D eigenvalue weighted by Crippen LogP contribution is -2.27. The molecule has 1 aromatic rings. The molecule has 0 aliphatic heterocycles. The van der Waals surface area contributed by atoms with Gasteiger partial charge in [0.1, 0.15) is 9.84 Å². The highest BCUT2D eigenvalue weighted by atomic mass is 32.2. The molecule has 0 bridgehead atoms. The molecule has 96 valence electrons. The fraction of sp³-hybridized carbons (Fsp3) is 0.444. The van der Waals surface area contributed by atoms with Crippen molar-refractivity contribution in [3.05, 3.63) is 17.7 Å². The Morgan fingerprint density at radius 2 is 2.00 bits per heavy atom. The van der Waals surface area contributed by atoms with Crippen LogP contribution in [0.3, 0.4) is 0 Å². The number of hydrogen-bond donors (Lipinski definition) is 1. The minimum absolute atomic E-state index is 0.0494. The fourth-order valence-corrected chi connectivity index (χ4v) is 1.75. The number of nitrogens with two attached hydrogens (primary N) is 1. The second kappa shape index (κ2) is 4.82. The summed E-state index contributed by atoms with van der Waals surface area (Å²) in [5.74, 6) is -2.57. The molecular weight excluding hydrogens is 252 g/mol. The topological polar surface area (TPSA) is 76.3 Å². The summed E-state index contributed by atoms with van der Waals surface area (Å²) in [7, 11) is -1.70. The summed E-state index contributed by atoms with van der Waals surface area (Å²) in [5, 5.41) is 0. The molecule has 1 aromatic heterocycles. The summed E-state index contributed by atoms with van der Waals surface area (Å²) in [6.07, 6.45) is 1.07. The van der Waals surface area contributed by atoms with Crippen LogP contribution in [0.25, 0.3) is 0 Å². The number of rotatable bonds is 4. The third-order valence-electron chi connectivity index (χ3n) is 2.10. The van der Waals surface area contributed by atoms with Gasteiger partial charge in [0.05, 0.1) is 5.75 Å². The van der Waals surface area contributed by atoms with Gasteiger partial charge in [0.15, 0.2) is 23.3 Å². The van der Waals surface area contributed by atoms with Crippen LogP contribution in [0.2, 0.25) is 0 Å². The van der Waals surface area contributed by atoms with E-state index in [1.165, 1.54) is 11.9 Å². The van der Waals surface area contributed by atoms with E-state index < -0.39 is 27.3 Å². The number of hydrogen-bond acceptors (Lipinski definition) is 5. The minimum atomic E-state index is -3.16. The van der Waals surface area contributed by atoms with E-state index in [1.54, 1.807) is 0 Å². The predicted octanol–water partition coefficient (Wildman–Crippen LogP) is 0.423. The number of nitrogens with zero attached hydrogens (tertiary/aromatic N) is 2. The lowest BCUT2D eigenvalue weighted by atomic mass is 10.4. The maximum Gasteiger partial charge on any atom is 0.168 e. The summed E-state index contributed by atoms with van der Waals surface area (Å²) < 4.78 is 48.1. The van der Waals surface area contributed by atoms with Gasteiger partial charge in [-0.25, -0.2) is 22.2 Å². The molecule has 0 unspecified atom stereocenters. The zero-order chi connectivity index (χ0) is 13.2. The molecular formula is C9H13F2N3O2S. The standard InChI is InChI=1S/C9H13F2N3O2S/c1-14(3-4-17(2,15)16)9-7(11)5-6(10)8(12)13-9/h5H,3-4H2,1-2H3,(H2,12,13). The van der Waals surface area contributed by atoms with Gasteiger partial charge in [0.2, 0.25) is 0 Å². The maximum absolute atomic E-state index is 13.4. The molecule has 0 aliphatic carbocycles. The monoisotopic (exact) mass is 265 g/mol. The first-order valence-electron chi connectivity index (χ1n) is 4.71. The Kier molecular flexibility index (Phi) is 3.87. The lowest BCUT2D eigenvalue weighted by Gasteiger charge is -2.18. The van der Waals surface area contributed by atoms with Crippen molar-refractivity contribution >= 4 is 21.5 Å². The second-order valence-corrected chi connectivity index (χ2v) is 5.97. The number of sulfone groups is 1. The van der Waals surface area contributed by atoms with Gasteiger partial charge in [0.25, 0.3) is 0 Å². The number of nitrogen functional groups attached to an aromatic ring is 1. The van der Waals surface area contributed by atoms with E-state index >= 15 is 0 Å². The van der Waals surface area contributed by atoms with Gasteiger partial charge < -0.3 is 10.6 Å². The van der Waals surface area contributed by atoms with E-state index in [4.69, 9.17) is 5.73 Å². The van der Waals surface area contributed by atoms with E-state index in [-0.39, 0.29) is 18.1 Å². The van der Waals surface area contributed by atoms with Gasteiger partial charge in [-0.3, -0.25) is 0 Å². The lowest BCUT2D eigenvalue weighted by molar-refractivity contribution is 0.573. The summed E-state index contributed by atoms with van der Waals surface area (Å²) in [6.45, 7) is 0.0494. The summed E-state index contributed by atoms with van der Waals surface area (Å²) >= 11 is 0. The van der Waals surface area contributed by atoms with Crippen LogP contribution in [-0.2, 0) is 9.84 Å². The van der Waals surface area contributed by atoms with E-state index in [0.29, 0.717) is 6.07 Å². The van der Waals surface area contributed by atoms with Gasteiger partial charge in [-0.05, 0) is 0 Å². The van der Waals surface area contributed by atoms with Crippen molar-refractivity contribution in [3.8, 4) is 0 Å². The Morgan fingerprint density at radius 3 is 2.53 bits per heavy atom. The summed E-state index contributed by atoms with van der Waals surface area (Å²) in [5.41, 5.74) is 5.21. The first kappa shape index (κ1) is 13.6. The number of anilines is 2. The van der Waals surface area contributed by atoms with Crippen LogP contribution in [0.4, 0.5) is 20.4 Å². The van der Waals surface area contributed by atoms with Gasteiger partial charge in [0, 0.05) is 25.9 Å². The van der Waals surface area contributed by atoms with Crippen LogP contribution in [-0.4, -0.2) is 39.0 Å². The molecule has 0 atom stereocenters. The highest BCUT2D eigenvalue weighted by Crippen LogP contribution is 2.19. The summed E-state index contributed by atoms with van der Waals surface area (Å²) in [6, 6.07) is 0.620. The van der Waals surface area contributed by atoms with Crippen molar-refractivity contribution < 1.29 is 17.2 Å². The Labute approximate surface area is 98.2 Å². The smallest absolute Gasteiger partial charge is 0.168 e. The number of pyridine rings is 1. The predicted molar refractivity (Wildman–Crippen MR) is 61.5 cm³/mol. The van der Waals surface area contributed by atoms with Crippen molar-refractivity contribution in [1.82, 2.24) is 4.98 Å². The molecule has 0 amide bonds. The highest BCUT2D eigenvalue weighted by Gasteiger charge is 2.14. The third-order valence-corrected chi connectivity index (χ3v) is 3.02. The van der Waals surface area contributed by atoms with Crippen LogP contribution in [0, 0.1) is 11.6 Å². The molecule has 0 saturated heterocycles. The molecule has 0 aliphatic rings. The average molecular weight is 265 g/mol. The van der Waals surface area contributed by atoms with Crippen molar-refractivity contribution in [1.29, 1.82) is 0 Å². The number of halogens is 2. The Morgan fingerprint density at radius 1 is 1.41 bits per heavy atom. The van der Waals surface area contributed by atoms with Gasteiger partial charge in [-0.15, -0.1) is 0 Å². The molecule has 1 rings (SSSR count). The molecule has 0 aromatic carbocycles. The fourth-order valence-electron chi connectivity index (χ4n) is 1.15. The van der Waals surface area contributed by atoms with Crippen LogP contribution in [0.5, 0.6) is 0 Å². The van der Waals surface area contributed by atoms with Crippen LogP contribution in [0.15, 0.2) is 6.07 Å². The van der Waals surface area contributed by atoms with Crippen LogP contribution < -0.4 is 10.6 Å². The zero-order valence-corrected chi connectivity index (χ0v) is 10.3. The second-order valence-electron chi connectivity index (χ2n) is 3.71. The SMILES string of the molecule is CN(CCS(C)(=O)=O)c1nc(N)c(F)cc1F. The van der Waals surface area contributed by atoms with Crippen molar-refractivity contribution in [2.24, 2.45) is 0 Å². The van der Waals surface area contributed by atoms with Crippen molar-refractivity contribution in [3.63, 3.8) is 0 Å². The summed E-state index contributed by atoms with van der Waals surface area (Å²) in [4.78, 5) is 4.80. The highest BCUT2D eigenvalue weighted by molar-refractivity contribution is 7.90. The largest absolute Gasteiger partial charge is 0.381 e. The van der Waals surface area contributed by atoms with Crippen LogP contribution >= 0.6 is 0 Å². The maximum atomic E-state index is 13.4. The van der Waals surface area contributed by atoms with E-state index in [9.17, 15) is 17.2 Å². The van der Waals surface area contributed by atoms with E-state index in [0.717, 1.165) is 6.26 Å². The zero-order valence-electron chi connectivity index (χ0n) is 9.44. The average Bonchev–Trinajstić information content (AvgIpc) is 2.19. The first-order valence-corrected chi connectivity index (χ1v) is 6.77. The van der Waals surface area contributed by atoms with Gasteiger partial charge in [-0.1, -0.05) is 0 Å². The minimum Gasteiger partial charge on any atom is -0.381 e. The number of aromatic nitrogens is 1. The molecule has 0 saturated carbocycles. The van der Waals surface area contributed by atoms with Gasteiger partial charge >= 0.3 is 0 Å². The molecule has 17 heavy (non-hydrogen) atoms. The van der Waals surface area contributed by atoms with Gasteiger partial charge in [-0.2, -0.15) is 0 Å². The molecule has 8 heteroatoms. The first-order chi connectivity index (χ1) is 7.70.